The number of nitrogens with zero attached hydrogens (tertiary/aromatic N) is 4. The Hall–Kier alpha value is -1.79. The topological polar surface area (TPSA) is 52.5 Å². The Labute approximate surface area is 123 Å². The molecule has 0 unspecified atom stereocenters. The molecule has 0 spiro atoms. The van der Waals surface area contributed by atoms with E-state index in [2.05, 4.69) is 19.8 Å². The first-order chi connectivity index (χ1) is 10.3. The van der Waals surface area contributed by atoms with Crippen LogP contribution in [0.1, 0.15) is 6.42 Å². The van der Waals surface area contributed by atoms with Gasteiger partial charge in [-0.2, -0.15) is 0 Å². The second-order valence-electron chi connectivity index (χ2n) is 5.24. The molecule has 0 radical (unpaired) electrons. The van der Waals surface area contributed by atoms with Crippen LogP contribution in [-0.2, 0) is 0 Å². The summed E-state index contributed by atoms with van der Waals surface area (Å²) in [6.45, 7) is 4.43. The number of aliphatic hydroxyl groups is 1. The highest BCUT2D eigenvalue weighted by Gasteiger charge is 2.18. The third-order valence-corrected chi connectivity index (χ3v) is 3.90. The van der Waals surface area contributed by atoms with Crippen LogP contribution in [0.25, 0.3) is 10.9 Å². The fourth-order valence-electron chi connectivity index (χ4n) is 2.84. The number of hydrogen-bond donors (Lipinski definition) is 1. The molecule has 1 N–H and O–H groups in total. The van der Waals surface area contributed by atoms with E-state index in [4.69, 9.17) is 5.11 Å². The van der Waals surface area contributed by atoms with E-state index in [1.54, 1.807) is 6.07 Å². The number of anilines is 1. The molecule has 2 heterocycles. The van der Waals surface area contributed by atoms with Crippen LogP contribution in [0.3, 0.4) is 0 Å². The molecule has 1 aliphatic rings. The van der Waals surface area contributed by atoms with Crippen molar-refractivity contribution in [1.82, 2.24) is 14.9 Å². The van der Waals surface area contributed by atoms with Crippen LogP contribution < -0.4 is 4.90 Å². The van der Waals surface area contributed by atoms with Gasteiger partial charge in [0.1, 0.15) is 23.5 Å². The van der Waals surface area contributed by atoms with Crippen molar-refractivity contribution in [2.75, 3.05) is 44.2 Å². The lowest BCUT2D eigenvalue weighted by Crippen LogP contribution is -2.32. The van der Waals surface area contributed by atoms with E-state index in [0.717, 1.165) is 43.8 Å². The van der Waals surface area contributed by atoms with Gasteiger partial charge in [0.25, 0.3) is 0 Å². The van der Waals surface area contributed by atoms with Gasteiger partial charge in [-0.1, -0.05) is 6.07 Å². The number of aromatic nitrogens is 2. The van der Waals surface area contributed by atoms with Crippen LogP contribution in [0.5, 0.6) is 0 Å². The van der Waals surface area contributed by atoms with E-state index in [1.165, 1.54) is 12.4 Å². The second kappa shape index (κ2) is 6.32. The lowest BCUT2D eigenvalue weighted by Gasteiger charge is -2.23. The van der Waals surface area contributed by atoms with Gasteiger partial charge in [-0.15, -0.1) is 0 Å². The quantitative estimate of drug-likeness (QED) is 0.922. The Kier molecular flexibility index (Phi) is 4.26. The summed E-state index contributed by atoms with van der Waals surface area (Å²) < 4.78 is 13.8. The van der Waals surface area contributed by atoms with Crippen LogP contribution in [0, 0.1) is 5.82 Å². The molecule has 1 saturated heterocycles. The second-order valence-corrected chi connectivity index (χ2v) is 5.24. The molecule has 1 fully saturated rings. The maximum Gasteiger partial charge on any atom is 0.149 e. The van der Waals surface area contributed by atoms with Gasteiger partial charge in [0.2, 0.25) is 0 Å². The van der Waals surface area contributed by atoms with E-state index >= 15 is 0 Å². The van der Waals surface area contributed by atoms with Crippen LogP contribution in [0.2, 0.25) is 0 Å². The minimum atomic E-state index is -0.312. The molecule has 6 heteroatoms. The largest absolute Gasteiger partial charge is 0.395 e. The molecule has 0 atom stereocenters. The summed E-state index contributed by atoms with van der Waals surface area (Å²) in [5.74, 6) is 0.484. The number of fused-ring (bicyclic) bond motifs is 1. The molecule has 1 aliphatic heterocycles. The number of β-amino-alcohol motifs (C(OH)–C–C–N with tert-alkyl or cyclic N) is 1. The standard InChI is InChI=1S/C15H19FN4O/c16-13-4-1-3-12-14(13)17-11-18-15(12)20-6-2-5-19(7-8-20)9-10-21/h1,3-4,11,21H,2,5-10H2. The third-order valence-electron chi connectivity index (χ3n) is 3.90. The van der Waals surface area contributed by atoms with E-state index < -0.39 is 0 Å². The third kappa shape index (κ3) is 2.96. The summed E-state index contributed by atoms with van der Waals surface area (Å²) in [5.41, 5.74) is 0.374. The molecular formula is C15H19FN4O. The zero-order valence-corrected chi connectivity index (χ0v) is 11.9. The normalized spacial score (nSPS) is 17.1. The van der Waals surface area contributed by atoms with Crippen LogP contribution >= 0.6 is 0 Å². The molecule has 2 aromatic rings. The zero-order valence-electron chi connectivity index (χ0n) is 11.9. The van der Waals surface area contributed by atoms with Gasteiger partial charge in [0, 0.05) is 31.6 Å². The molecule has 1 aromatic heterocycles. The fourth-order valence-corrected chi connectivity index (χ4v) is 2.84. The monoisotopic (exact) mass is 290 g/mol. The predicted molar refractivity (Wildman–Crippen MR) is 79.9 cm³/mol. The average molecular weight is 290 g/mol. The molecule has 0 saturated carbocycles. The number of aliphatic hydroxyl groups excluding tert-OH is 1. The van der Waals surface area contributed by atoms with Gasteiger partial charge < -0.3 is 10.0 Å². The Bertz CT molecular complexity index is 622. The fraction of sp³-hybridized carbons (Fsp3) is 0.467. The molecule has 1 aromatic carbocycles. The summed E-state index contributed by atoms with van der Waals surface area (Å²) in [6.07, 6.45) is 2.43. The SMILES string of the molecule is OCCN1CCCN(c2ncnc3c(F)cccc23)CC1. The van der Waals surface area contributed by atoms with Gasteiger partial charge >= 0.3 is 0 Å². The highest BCUT2D eigenvalue weighted by molar-refractivity contribution is 5.89. The maximum absolute atomic E-state index is 13.8. The molecule has 0 amide bonds. The summed E-state index contributed by atoms with van der Waals surface area (Å²) in [5, 5.41) is 9.81. The van der Waals surface area contributed by atoms with Gasteiger partial charge in [0.05, 0.1) is 6.61 Å². The molecule has 0 bridgehead atoms. The Morgan fingerprint density at radius 1 is 1.14 bits per heavy atom. The lowest BCUT2D eigenvalue weighted by molar-refractivity contribution is 0.204. The summed E-state index contributed by atoms with van der Waals surface area (Å²) in [6, 6.07) is 4.98. The highest BCUT2D eigenvalue weighted by atomic mass is 19.1. The number of para-hydroxylation sites is 1. The maximum atomic E-state index is 13.8. The van der Waals surface area contributed by atoms with Crippen LogP contribution in [-0.4, -0.2) is 59.3 Å². The highest BCUT2D eigenvalue weighted by Crippen LogP contribution is 2.25. The van der Waals surface area contributed by atoms with Gasteiger partial charge in [0.15, 0.2) is 0 Å². The van der Waals surface area contributed by atoms with E-state index in [-0.39, 0.29) is 12.4 Å². The van der Waals surface area contributed by atoms with Crippen molar-refractivity contribution in [1.29, 1.82) is 0 Å². The minimum Gasteiger partial charge on any atom is -0.395 e. The molecule has 3 rings (SSSR count). The molecule has 112 valence electrons. The molecule has 21 heavy (non-hydrogen) atoms. The van der Waals surface area contributed by atoms with Crippen molar-refractivity contribution in [2.24, 2.45) is 0 Å². The van der Waals surface area contributed by atoms with Gasteiger partial charge in [-0.3, -0.25) is 4.90 Å². The number of hydrogen-bond acceptors (Lipinski definition) is 5. The lowest BCUT2D eigenvalue weighted by atomic mass is 10.2. The van der Waals surface area contributed by atoms with Crippen molar-refractivity contribution in [3.63, 3.8) is 0 Å². The summed E-state index contributed by atoms with van der Waals surface area (Å²) in [7, 11) is 0. The summed E-state index contributed by atoms with van der Waals surface area (Å²) in [4.78, 5) is 12.8. The van der Waals surface area contributed by atoms with Crippen molar-refractivity contribution in [3.8, 4) is 0 Å². The predicted octanol–water partition coefficient (Wildman–Crippen LogP) is 1.27. The van der Waals surface area contributed by atoms with E-state index in [1.807, 2.05) is 6.07 Å². The molecular weight excluding hydrogens is 271 g/mol. The number of benzene rings is 1. The first-order valence-electron chi connectivity index (χ1n) is 7.27. The van der Waals surface area contributed by atoms with E-state index in [9.17, 15) is 4.39 Å². The van der Waals surface area contributed by atoms with Crippen LogP contribution in [0.4, 0.5) is 10.2 Å². The minimum absolute atomic E-state index is 0.182. The van der Waals surface area contributed by atoms with Gasteiger partial charge in [-0.05, 0) is 25.1 Å². The van der Waals surface area contributed by atoms with Crippen LogP contribution in [0.15, 0.2) is 24.5 Å². The number of rotatable bonds is 3. The Morgan fingerprint density at radius 2 is 2.05 bits per heavy atom. The molecule has 0 aliphatic carbocycles. The first-order valence-corrected chi connectivity index (χ1v) is 7.27. The zero-order chi connectivity index (χ0) is 14.7. The Balaban J connectivity index is 1.88. The molecule has 5 nitrogen and oxygen atoms in total. The average Bonchev–Trinajstić information content (AvgIpc) is 2.73. The van der Waals surface area contributed by atoms with Crippen molar-refractivity contribution in [3.05, 3.63) is 30.3 Å². The first kappa shape index (κ1) is 14.2. The van der Waals surface area contributed by atoms with Crippen molar-refractivity contribution < 1.29 is 9.50 Å². The summed E-state index contributed by atoms with van der Waals surface area (Å²) >= 11 is 0. The number of halogens is 1. The van der Waals surface area contributed by atoms with Gasteiger partial charge in [-0.25, -0.2) is 14.4 Å². The van der Waals surface area contributed by atoms with E-state index in [0.29, 0.717) is 12.1 Å². The van der Waals surface area contributed by atoms with Crippen molar-refractivity contribution in [2.45, 2.75) is 6.42 Å². The smallest absolute Gasteiger partial charge is 0.149 e. The Morgan fingerprint density at radius 3 is 2.90 bits per heavy atom. The van der Waals surface area contributed by atoms with Crippen molar-refractivity contribution >= 4 is 16.7 Å².